The first-order chi connectivity index (χ1) is 13.4. The number of primary sulfonamides is 1. The molecule has 156 valence electrons. The van der Waals surface area contributed by atoms with Gasteiger partial charge in [0, 0.05) is 24.7 Å². The van der Waals surface area contributed by atoms with E-state index in [1.54, 1.807) is 0 Å². The van der Waals surface area contributed by atoms with E-state index in [-0.39, 0.29) is 24.3 Å². The Morgan fingerprint density at radius 1 is 1.17 bits per heavy atom. The minimum Gasteiger partial charge on any atom is -0.379 e. The molecule has 0 aromatic heterocycles. The molecule has 0 atom stereocenters. The lowest BCUT2D eigenvalue weighted by atomic mass is 10.2. The average molecular weight is 432 g/mol. The van der Waals surface area contributed by atoms with Crippen LogP contribution in [0, 0.1) is 10.1 Å². The predicted molar refractivity (Wildman–Crippen MR) is 97.7 cm³/mol. The fourth-order valence-corrected chi connectivity index (χ4v) is 2.83. The third kappa shape index (κ3) is 6.15. The first kappa shape index (κ1) is 22.1. The van der Waals surface area contributed by atoms with Crippen molar-refractivity contribution in [2.24, 2.45) is 5.14 Å². The maximum absolute atomic E-state index is 12.7. The summed E-state index contributed by atoms with van der Waals surface area (Å²) >= 11 is 0. The van der Waals surface area contributed by atoms with Crippen molar-refractivity contribution in [3.8, 4) is 0 Å². The second kappa shape index (κ2) is 8.45. The van der Waals surface area contributed by atoms with E-state index in [0.29, 0.717) is 0 Å². The van der Waals surface area contributed by atoms with Crippen LogP contribution in [0.15, 0.2) is 47.4 Å². The number of sulfonamides is 1. The topological polar surface area (TPSA) is 144 Å². The lowest BCUT2D eigenvalue weighted by Gasteiger charge is -2.11. The monoisotopic (exact) mass is 432 g/mol. The molecule has 0 aliphatic carbocycles. The van der Waals surface area contributed by atoms with Gasteiger partial charge < -0.3 is 10.6 Å². The number of carbonyl (C=O) groups excluding carboxylic acids is 1. The zero-order chi connectivity index (χ0) is 21.8. The fourth-order valence-electron chi connectivity index (χ4n) is 2.30. The van der Waals surface area contributed by atoms with Crippen molar-refractivity contribution in [2.45, 2.75) is 17.5 Å². The lowest BCUT2D eigenvalue weighted by Crippen LogP contribution is -2.17. The molecule has 13 heteroatoms. The zero-order valence-corrected chi connectivity index (χ0v) is 15.4. The minimum atomic E-state index is -4.55. The van der Waals surface area contributed by atoms with Crippen LogP contribution in [0.4, 0.5) is 30.2 Å². The van der Waals surface area contributed by atoms with Crippen LogP contribution in [0.1, 0.15) is 12.0 Å². The number of halogens is 3. The van der Waals surface area contributed by atoms with Crippen molar-refractivity contribution in [1.29, 1.82) is 0 Å². The van der Waals surface area contributed by atoms with E-state index >= 15 is 0 Å². The number of hydrogen-bond acceptors (Lipinski definition) is 6. The molecule has 2 aromatic rings. The van der Waals surface area contributed by atoms with E-state index < -0.39 is 43.2 Å². The second-order valence-electron chi connectivity index (χ2n) is 5.78. The molecule has 1 amide bonds. The van der Waals surface area contributed by atoms with Gasteiger partial charge in [-0.15, -0.1) is 0 Å². The molecule has 0 bridgehead atoms. The maximum Gasteiger partial charge on any atom is 0.416 e. The van der Waals surface area contributed by atoms with Gasteiger partial charge in [-0.3, -0.25) is 14.9 Å². The van der Waals surface area contributed by atoms with Gasteiger partial charge in [-0.05, 0) is 30.3 Å². The molecule has 0 unspecified atom stereocenters. The van der Waals surface area contributed by atoms with Crippen LogP contribution in [0.2, 0.25) is 0 Å². The van der Waals surface area contributed by atoms with Gasteiger partial charge in [-0.2, -0.15) is 13.2 Å². The van der Waals surface area contributed by atoms with Gasteiger partial charge in [0.25, 0.3) is 5.69 Å². The van der Waals surface area contributed by atoms with Crippen LogP contribution < -0.4 is 15.8 Å². The van der Waals surface area contributed by atoms with Crippen LogP contribution in [0.5, 0.6) is 0 Å². The van der Waals surface area contributed by atoms with E-state index in [9.17, 15) is 36.5 Å². The van der Waals surface area contributed by atoms with Gasteiger partial charge in [0.15, 0.2) is 0 Å². The highest BCUT2D eigenvalue weighted by Crippen LogP contribution is 2.31. The summed E-state index contributed by atoms with van der Waals surface area (Å²) in [5.41, 5.74) is -1.57. The SMILES string of the molecule is NS(=O)(=O)c1ccc(NCCC(=O)Nc2cccc(C(F)(F)F)c2)c([N+](=O)[O-])c1. The number of benzene rings is 2. The highest BCUT2D eigenvalue weighted by atomic mass is 32.2. The van der Waals surface area contributed by atoms with Crippen molar-refractivity contribution in [3.05, 3.63) is 58.1 Å². The number of nitrogens with one attached hydrogen (secondary N) is 2. The Morgan fingerprint density at radius 2 is 1.86 bits per heavy atom. The summed E-state index contributed by atoms with van der Waals surface area (Å²) < 4.78 is 60.6. The van der Waals surface area contributed by atoms with Gasteiger partial charge in [0.1, 0.15) is 5.69 Å². The molecule has 9 nitrogen and oxygen atoms in total. The van der Waals surface area contributed by atoms with E-state index in [1.807, 2.05) is 0 Å². The summed E-state index contributed by atoms with van der Waals surface area (Å²) in [6.07, 6.45) is -4.77. The molecule has 4 N–H and O–H groups in total. The van der Waals surface area contributed by atoms with E-state index in [1.165, 1.54) is 6.07 Å². The predicted octanol–water partition coefficient (Wildman–Crippen LogP) is 2.70. The maximum atomic E-state index is 12.7. The van der Waals surface area contributed by atoms with Gasteiger partial charge in [0.2, 0.25) is 15.9 Å². The number of nitrogens with two attached hydrogens (primary N) is 1. The molecule has 0 radical (unpaired) electrons. The molecule has 0 spiro atoms. The Hall–Kier alpha value is -3.19. The lowest BCUT2D eigenvalue weighted by molar-refractivity contribution is -0.384. The first-order valence-electron chi connectivity index (χ1n) is 7.90. The summed E-state index contributed by atoms with van der Waals surface area (Å²) in [6.45, 7) is -0.0969. The fraction of sp³-hybridized carbons (Fsp3) is 0.188. The van der Waals surface area contributed by atoms with Crippen molar-refractivity contribution in [3.63, 3.8) is 0 Å². The summed E-state index contributed by atoms with van der Waals surface area (Å²) in [5.74, 6) is -0.624. The summed E-state index contributed by atoms with van der Waals surface area (Å²) in [5, 5.41) is 20.9. The summed E-state index contributed by atoms with van der Waals surface area (Å²) in [4.78, 5) is 21.7. The number of rotatable bonds is 7. The number of amides is 1. The van der Waals surface area contributed by atoms with Crippen molar-refractivity contribution >= 4 is 33.0 Å². The van der Waals surface area contributed by atoms with E-state index in [4.69, 9.17) is 5.14 Å². The zero-order valence-electron chi connectivity index (χ0n) is 14.6. The number of hydrogen-bond donors (Lipinski definition) is 3. The Balaban J connectivity index is 2.01. The number of nitrogens with zero attached hydrogens (tertiary/aromatic N) is 1. The molecular formula is C16H15F3N4O5S. The number of nitro benzene ring substituents is 1. The van der Waals surface area contributed by atoms with Crippen LogP contribution in [-0.2, 0) is 21.0 Å². The largest absolute Gasteiger partial charge is 0.416 e. The molecule has 0 aliphatic rings. The number of nitro groups is 1. The molecular weight excluding hydrogens is 417 g/mol. The Bertz CT molecular complexity index is 1040. The van der Waals surface area contributed by atoms with E-state index in [2.05, 4.69) is 10.6 Å². The third-order valence-corrected chi connectivity index (χ3v) is 4.55. The Kier molecular flexibility index (Phi) is 6.44. The minimum absolute atomic E-state index is 0.0470. The number of carbonyl (C=O) groups is 1. The molecule has 0 heterocycles. The summed E-state index contributed by atoms with van der Waals surface area (Å²) in [7, 11) is -4.13. The smallest absolute Gasteiger partial charge is 0.379 e. The Labute approximate surface area is 162 Å². The molecule has 0 aliphatic heterocycles. The normalized spacial score (nSPS) is 11.7. The molecule has 29 heavy (non-hydrogen) atoms. The van der Waals surface area contributed by atoms with Crippen molar-refractivity contribution in [2.75, 3.05) is 17.2 Å². The van der Waals surface area contributed by atoms with Gasteiger partial charge in [-0.25, -0.2) is 13.6 Å². The van der Waals surface area contributed by atoms with Gasteiger partial charge in [0.05, 0.1) is 15.4 Å². The third-order valence-electron chi connectivity index (χ3n) is 3.64. The quantitative estimate of drug-likeness (QED) is 0.453. The molecule has 2 aromatic carbocycles. The van der Waals surface area contributed by atoms with Gasteiger partial charge in [-0.1, -0.05) is 6.07 Å². The molecule has 2 rings (SSSR count). The van der Waals surface area contributed by atoms with Gasteiger partial charge >= 0.3 is 6.18 Å². The Morgan fingerprint density at radius 3 is 2.45 bits per heavy atom. The standard InChI is InChI=1S/C16H15F3N4O5S/c17-16(18,19)10-2-1-3-11(8-10)22-15(24)6-7-21-13-5-4-12(29(20,27)28)9-14(13)23(25)26/h1-5,8-9,21H,6-7H2,(H,22,24)(H2,20,27,28). The van der Waals surface area contributed by atoms with Crippen LogP contribution >= 0.6 is 0 Å². The average Bonchev–Trinajstić information content (AvgIpc) is 2.60. The molecule has 0 saturated carbocycles. The van der Waals surface area contributed by atoms with Crippen molar-refractivity contribution < 1.29 is 31.3 Å². The van der Waals surface area contributed by atoms with Crippen molar-refractivity contribution in [1.82, 2.24) is 0 Å². The number of alkyl halides is 3. The summed E-state index contributed by atoms with van der Waals surface area (Å²) in [6, 6.07) is 7.05. The van der Waals surface area contributed by atoms with E-state index in [0.717, 1.165) is 36.4 Å². The molecule has 0 saturated heterocycles. The molecule has 0 fully saturated rings. The number of anilines is 2. The highest BCUT2D eigenvalue weighted by Gasteiger charge is 2.30. The first-order valence-corrected chi connectivity index (χ1v) is 9.45. The highest BCUT2D eigenvalue weighted by molar-refractivity contribution is 7.89. The van der Waals surface area contributed by atoms with Crippen LogP contribution in [0.3, 0.4) is 0 Å². The van der Waals surface area contributed by atoms with Crippen LogP contribution in [0.25, 0.3) is 0 Å². The van der Waals surface area contributed by atoms with Crippen LogP contribution in [-0.4, -0.2) is 25.8 Å². The second-order valence-corrected chi connectivity index (χ2v) is 7.35.